The van der Waals surface area contributed by atoms with Crippen molar-refractivity contribution in [3.63, 3.8) is 0 Å². The van der Waals surface area contributed by atoms with Gasteiger partial charge in [-0.25, -0.2) is 4.98 Å². The molecule has 0 unspecified atom stereocenters. The Balaban J connectivity index is 1.98. The van der Waals surface area contributed by atoms with Crippen molar-refractivity contribution in [2.75, 3.05) is 0 Å². The van der Waals surface area contributed by atoms with Crippen LogP contribution in [0.2, 0.25) is 0 Å². The molecule has 1 aromatic heterocycles. The number of carbonyl (C=O) groups is 1. The summed E-state index contributed by atoms with van der Waals surface area (Å²) >= 11 is 0. The molecule has 0 bridgehead atoms. The molecule has 0 aliphatic carbocycles. The molecule has 0 amide bonds. The molecule has 1 radical (unpaired) electrons. The summed E-state index contributed by atoms with van der Waals surface area (Å²) in [6.07, 6.45) is 9.83. The van der Waals surface area contributed by atoms with Gasteiger partial charge >= 0.3 is 5.97 Å². The summed E-state index contributed by atoms with van der Waals surface area (Å²) in [5.41, 5.74) is 0. The van der Waals surface area contributed by atoms with Crippen molar-refractivity contribution in [2.45, 2.75) is 52.2 Å². The summed E-state index contributed by atoms with van der Waals surface area (Å²) in [5, 5.41) is 0. The van der Waals surface area contributed by atoms with E-state index in [1.54, 1.807) is 6.33 Å². The number of nitrogens with zero attached hydrogens (tertiary/aromatic N) is 2. The van der Waals surface area contributed by atoms with E-state index in [9.17, 15) is 4.79 Å². The molecule has 0 saturated carbocycles. The van der Waals surface area contributed by atoms with Gasteiger partial charge in [-0.2, -0.15) is 0 Å². The number of ether oxygens (including phenoxy) is 1. The Labute approximate surface area is 96.6 Å². The molecule has 1 aromatic rings. The minimum Gasteiger partial charge on any atom is -0.463 e. The molecule has 89 valence electrons. The van der Waals surface area contributed by atoms with Crippen LogP contribution in [-0.4, -0.2) is 21.6 Å². The van der Waals surface area contributed by atoms with Crippen LogP contribution >= 0.6 is 0 Å². The van der Waals surface area contributed by atoms with Crippen molar-refractivity contribution < 1.29 is 9.53 Å². The van der Waals surface area contributed by atoms with E-state index in [-0.39, 0.29) is 12.1 Å². The van der Waals surface area contributed by atoms with Crippen LogP contribution in [0.15, 0.2) is 12.5 Å². The Morgan fingerprint density at radius 1 is 1.44 bits per heavy atom. The van der Waals surface area contributed by atoms with Gasteiger partial charge in [0.25, 0.3) is 0 Å². The zero-order valence-corrected chi connectivity index (χ0v) is 9.98. The summed E-state index contributed by atoms with van der Waals surface area (Å²) in [4.78, 5) is 15.0. The van der Waals surface area contributed by atoms with Crippen molar-refractivity contribution in [3.05, 3.63) is 18.7 Å². The highest BCUT2D eigenvalue weighted by molar-refractivity contribution is 5.69. The lowest BCUT2D eigenvalue weighted by atomic mass is 10.2. The van der Waals surface area contributed by atoms with Gasteiger partial charge in [0.2, 0.25) is 0 Å². The number of esters is 1. The molecule has 0 aliphatic heterocycles. The van der Waals surface area contributed by atoms with E-state index in [0.717, 1.165) is 25.8 Å². The van der Waals surface area contributed by atoms with Crippen LogP contribution in [0.25, 0.3) is 0 Å². The van der Waals surface area contributed by atoms with E-state index in [0.29, 0.717) is 6.42 Å². The molecule has 0 spiro atoms. The Bertz CT molecular complexity index is 294. The molecular formula is C12H19N2O2. The number of imidazole rings is 1. The van der Waals surface area contributed by atoms with E-state index in [2.05, 4.69) is 11.2 Å². The van der Waals surface area contributed by atoms with Crippen molar-refractivity contribution in [1.29, 1.82) is 0 Å². The lowest BCUT2D eigenvalue weighted by molar-refractivity contribution is -0.147. The van der Waals surface area contributed by atoms with E-state index < -0.39 is 0 Å². The monoisotopic (exact) mass is 223 g/mol. The van der Waals surface area contributed by atoms with Crippen LogP contribution in [-0.2, 0) is 16.1 Å². The third kappa shape index (κ3) is 5.53. The molecule has 0 atom stereocenters. The van der Waals surface area contributed by atoms with Gasteiger partial charge in [0, 0.05) is 19.2 Å². The maximum Gasteiger partial charge on any atom is 0.306 e. The molecule has 1 heterocycles. The molecule has 1 rings (SSSR count). The maximum atomic E-state index is 11.2. The summed E-state index contributed by atoms with van der Waals surface area (Å²) in [6.45, 7) is 4.68. The van der Waals surface area contributed by atoms with Crippen LogP contribution in [0.5, 0.6) is 0 Å². The smallest absolute Gasteiger partial charge is 0.306 e. The number of hydrogen-bond donors (Lipinski definition) is 0. The molecule has 0 aromatic carbocycles. The third-order valence-corrected chi connectivity index (χ3v) is 2.17. The quantitative estimate of drug-likeness (QED) is 0.525. The van der Waals surface area contributed by atoms with Gasteiger partial charge in [0.1, 0.15) is 6.20 Å². The highest BCUT2D eigenvalue weighted by Crippen LogP contribution is 2.04. The van der Waals surface area contributed by atoms with Gasteiger partial charge in [0.15, 0.2) is 0 Å². The second-order valence-corrected chi connectivity index (χ2v) is 4.09. The lowest BCUT2D eigenvalue weighted by Crippen LogP contribution is -2.10. The molecule has 0 fully saturated rings. The zero-order valence-electron chi connectivity index (χ0n) is 9.98. The molecule has 16 heavy (non-hydrogen) atoms. The first-order valence-corrected chi connectivity index (χ1v) is 5.76. The topological polar surface area (TPSA) is 44.1 Å². The van der Waals surface area contributed by atoms with Crippen molar-refractivity contribution in [1.82, 2.24) is 9.55 Å². The summed E-state index contributed by atoms with van der Waals surface area (Å²) < 4.78 is 7.04. The second kappa shape index (κ2) is 7.04. The van der Waals surface area contributed by atoms with Gasteiger partial charge in [-0.1, -0.05) is 6.42 Å². The maximum absolute atomic E-state index is 11.2. The number of hydrogen-bond acceptors (Lipinski definition) is 3. The summed E-state index contributed by atoms with van der Waals surface area (Å²) in [6, 6.07) is 0. The van der Waals surface area contributed by atoms with E-state index >= 15 is 0 Å². The average molecular weight is 223 g/mol. The number of aromatic nitrogens is 2. The highest BCUT2D eigenvalue weighted by atomic mass is 16.5. The Morgan fingerprint density at radius 2 is 2.25 bits per heavy atom. The first-order chi connectivity index (χ1) is 7.68. The van der Waals surface area contributed by atoms with Crippen LogP contribution in [0, 0.1) is 6.20 Å². The Morgan fingerprint density at radius 3 is 2.88 bits per heavy atom. The minimum absolute atomic E-state index is 0.00557. The summed E-state index contributed by atoms with van der Waals surface area (Å²) in [5.74, 6) is -0.0917. The Hall–Kier alpha value is -1.32. The average Bonchev–Trinajstić information content (AvgIpc) is 2.68. The normalized spacial score (nSPS) is 10.7. The second-order valence-electron chi connectivity index (χ2n) is 4.09. The van der Waals surface area contributed by atoms with Crippen LogP contribution in [0.1, 0.15) is 39.5 Å². The van der Waals surface area contributed by atoms with Crippen molar-refractivity contribution in [2.24, 2.45) is 0 Å². The fourth-order valence-electron chi connectivity index (χ4n) is 1.43. The SMILES string of the molecule is CC(C)OC(=O)CCCCCn1c[c]nc1. The van der Waals surface area contributed by atoms with Gasteiger partial charge in [-0.15, -0.1) is 0 Å². The van der Waals surface area contributed by atoms with Gasteiger partial charge in [-0.05, 0) is 26.7 Å². The van der Waals surface area contributed by atoms with Crippen LogP contribution in [0.4, 0.5) is 0 Å². The molecule has 0 N–H and O–H groups in total. The number of carbonyl (C=O) groups excluding carboxylic acids is 1. The van der Waals surface area contributed by atoms with Gasteiger partial charge < -0.3 is 9.30 Å². The van der Waals surface area contributed by atoms with Crippen LogP contribution < -0.4 is 0 Å². The first kappa shape index (κ1) is 12.7. The number of aryl methyl sites for hydroxylation is 1. The predicted molar refractivity (Wildman–Crippen MR) is 60.8 cm³/mol. The van der Waals surface area contributed by atoms with E-state index in [1.807, 2.05) is 24.6 Å². The lowest BCUT2D eigenvalue weighted by Gasteiger charge is -2.07. The first-order valence-electron chi connectivity index (χ1n) is 5.76. The molecule has 0 saturated heterocycles. The Kier molecular flexibility index (Phi) is 5.61. The zero-order chi connectivity index (χ0) is 11.8. The van der Waals surface area contributed by atoms with Crippen LogP contribution in [0.3, 0.4) is 0 Å². The van der Waals surface area contributed by atoms with E-state index in [4.69, 9.17) is 4.74 Å². The fourth-order valence-corrected chi connectivity index (χ4v) is 1.43. The highest BCUT2D eigenvalue weighted by Gasteiger charge is 2.04. The summed E-state index contributed by atoms with van der Waals surface area (Å²) in [7, 11) is 0. The number of rotatable bonds is 7. The van der Waals surface area contributed by atoms with Crippen molar-refractivity contribution >= 4 is 5.97 Å². The number of unbranched alkanes of at least 4 members (excludes halogenated alkanes) is 2. The molecule has 0 aliphatic rings. The molecule has 4 nitrogen and oxygen atoms in total. The van der Waals surface area contributed by atoms with E-state index in [1.165, 1.54) is 0 Å². The largest absolute Gasteiger partial charge is 0.463 e. The fraction of sp³-hybridized carbons (Fsp3) is 0.667. The van der Waals surface area contributed by atoms with Gasteiger partial charge in [-0.3, -0.25) is 4.79 Å². The predicted octanol–water partition coefficient (Wildman–Crippen LogP) is 2.20. The molecule has 4 heteroatoms. The minimum atomic E-state index is -0.0917. The molecular weight excluding hydrogens is 204 g/mol. The van der Waals surface area contributed by atoms with Gasteiger partial charge in [0.05, 0.1) is 12.4 Å². The van der Waals surface area contributed by atoms with Crippen molar-refractivity contribution in [3.8, 4) is 0 Å². The third-order valence-electron chi connectivity index (χ3n) is 2.17. The standard InChI is InChI=1S/C12H19N2O2/c1-11(2)16-12(15)6-4-3-5-8-14-9-7-13-10-14/h9-11H,3-6,8H2,1-2H3.